The average Bonchev–Trinajstić information content (AvgIpc) is 3.31. The number of nitrogens with one attached hydrogen (secondary N) is 1. The summed E-state index contributed by atoms with van der Waals surface area (Å²) in [5.74, 6) is 0.621. The lowest BCUT2D eigenvalue weighted by Crippen LogP contribution is -2.37. The van der Waals surface area contributed by atoms with Crippen LogP contribution in [0.3, 0.4) is 0 Å². The summed E-state index contributed by atoms with van der Waals surface area (Å²) in [4.78, 5) is 31.5. The molecule has 0 radical (unpaired) electrons. The van der Waals surface area contributed by atoms with Gasteiger partial charge in [0.15, 0.2) is 5.76 Å². The Hall–Kier alpha value is -3.71. The van der Waals surface area contributed by atoms with Gasteiger partial charge in [-0.25, -0.2) is 0 Å². The van der Waals surface area contributed by atoms with E-state index in [0.717, 1.165) is 27.9 Å². The highest BCUT2D eigenvalue weighted by atomic mass is 16.5. The number of methoxy groups -OCH3 is 1. The molecule has 0 aliphatic carbocycles. The Bertz CT molecular complexity index is 1170. The molecular formula is C26H27N3O4. The number of benzene rings is 1. The highest BCUT2D eigenvalue weighted by molar-refractivity contribution is 5.92. The number of hydrogen-bond acceptors (Lipinski definition) is 5. The molecule has 2 amide bonds. The first-order chi connectivity index (χ1) is 16.0. The second kappa shape index (κ2) is 10.3. The number of rotatable bonds is 7. The van der Waals surface area contributed by atoms with Crippen LogP contribution in [0.4, 0.5) is 0 Å². The van der Waals surface area contributed by atoms with Crippen LogP contribution >= 0.6 is 0 Å². The van der Waals surface area contributed by atoms with Gasteiger partial charge < -0.3 is 19.4 Å². The summed E-state index contributed by atoms with van der Waals surface area (Å²) >= 11 is 0. The van der Waals surface area contributed by atoms with E-state index in [1.165, 1.54) is 6.08 Å². The zero-order valence-electron chi connectivity index (χ0n) is 18.8. The number of aromatic nitrogens is 1. The molecule has 1 N–H and O–H groups in total. The molecule has 0 bridgehead atoms. The molecule has 0 spiro atoms. The Morgan fingerprint density at radius 1 is 1.21 bits per heavy atom. The van der Waals surface area contributed by atoms with E-state index in [4.69, 9.17) is 9.15 Å². The van der Waals surface area contributed by atoms with Crippen LogP contribution in [0.15, 0.2) is 59.2 Å². The Morgan fingerprint density at radius 3 is 2.82 bits per heavy atom. The number of amides is 2. The van der Waals surface area contributed by atoms with Crippen LogP contribution in [0.1, 0.15) is 44.3 Å². The predicted molar refractivity (Wildman–Crippen MR) is 124 cm³/mol. The molecule has 0 saturated carbocycles. The minimum atomic E-state index is -0.159. The molecule has 4 rings (SSSR count). The van der Waals surface area contributed by atoms with Crippen molar-refractivity contribution in [3.05, 3.63) is 94.2 Å². The van der Waals surface area contributed by atoms with Crippen molar-refractivity contribution in [3.8, 4) is 0 Å². The predicted octanol–water partition coefficient (Wildman–Crippen LogP) is 3.66. The van der Waals surface area contributed by atoms with Gasteiger partial charge in [-0.15, -0.1) is 0 Å². The third-order valence-corrected chi connectivity index (χ3v) is 5.71. The van der Waals surface area contributed by atoms with Crippen molar-refractivity contribution in [2.24, 2.45) is 0 Å². The van der Waals surface area contributed by atoms with Crippen LogP contribution in [-0.4, -0.2) is 35.4 Å². The Kier molecular flexibility index (Phi) is 7.00. The fraction of sp³-hybridized carbons (Fsp3) is 0.269. The van der Waals surface area contributed by atoms with Gasteiger partial charge in [-0.1, -0.05) is 30.3 Å². The minimum Gasteiger partial charge on any atom is -0.453 e. The summed E-state index contributed by atoms with van der Waals surface area (Å²) in [5, 5.41) is 2.96. The van der Waals surface area contributed by atoms with Gasteiger partial charge in [0.25, 0.3) is 5.91 Å². The van der Waals surface area contributed by atoms with Crippen LogP contribution < -0.4 is 5.32 Å². The topological polar surface area (TPSA) is 84.7 Å². The number of aryl methyl sites for hydroxylation is 1. The van der Waals surface area contributed by atoms with Crippen molar-refractivity contribution >= 4 is 17.9 Å². The van der Waals surface area contributed by atoms with Crippen LogP contribution in [0.2, 0.25) is 0 Å². The van der Waals surface area contributed by atoms with Crippen molar-refractivity contribution in [3.63, 3.8) is 0 Å². The van der Waals surface area contributed by atoms with Crippen LogP contribution in [-0.2, 0) is 35.6 Å². The molecule has 3 heterocycles. The molecule has 3 aromatic rings. The second-order valence-corrected chi connectivity index (χ2v) is 7.96. The van der Waals surface area contributed by atoms with Crippen molar-refractivity contribution in [2.75, 3.05) is 13.7 Å². The number of pyridine rings is 1. The molecule has 1 aliphatic heterocycles. The van der Waals surface area contributed by atoms with Crippen LogP contribution in [0.5, 0.6) is 0 Å². The van der Waals surface area contributed by atoms with E-state index in [-0.39, 0.29) is 11.8 Å². The highest BCUT2D eigenvalue weighted by Crippen LogP contribution is 2.25. The van der Waals surface area contributed by atoms with Gasteiger partial charge in [-0.05, 0) is 53.8 Å². The molecule has 33 heavy (non-hydrogen) atoms. The maximum Gasteiger partial charge on any atom is 0.289 e. The van der Waals surface area contributed by atoms with E-state index in [0.29, 0.717) is 44.2 Å². The first-order valence-corrected chi connectivity index (χ1v) is 10.9. The summed E-state index contributed by atoms with van der Waals surface area (Å²) in [7, 11) is 1.58. The van der Waals surface area contributed by atoms with Crippen LogP contribution in [0.25, 0.3) is 6.08 Å². The van der Waals surface area contributed by atoms with E-state index >= 15 is 0 Å². The van der Waals surface area contributed by atoms with Gasteiger partial charge in [0.2, 0.25) is 5.91 Å². The number of furan rings is 1. The Balaban J connectivity index is 1.42. The molecule has 0 saturated heterocycles. The van der Waals surface area contributed by atoms with Crippen molar-refractivity contribution in [1.82, 2.24) is 15.2 Å². The molecule has 1 aromatic carbocycles. The molecule has 2 aromatic heterocycles. The average molecular weight is 446 g/mol. The molecule has 1 aliphatic rings. The number of carbonyl (C=O) groups excluding carboxylic acids is 2. The zero-order chi connectivity index (χ0) is 23.2. The minimum absolute atomic E-state index is 0.149. The summed E-state index contributed by atoms with van der Waals surface area (Å²) in [6.45, 7) is 3.70. The number of fused-ring (bicyclic) bond motifs is 1. The van der Waals surface area contributed by atoms with Gasteiger partial charge in [-0.3, -0.25) is 14.6 Å². The smallest absolute Gasteiger partial charge is 0.289 e. The number of ether oxygens (including phenoxy) is 1. The lowest BCUT2D eigenvalue weighted by Gasteiger charge is -2.30. The van der Waals surface area contributed by atoms with Gasteiger partial charge in [-0.2, -0.15) is 0 Å². The number of hydrogen-bond donors (Lipinski definition) is 1. The Morgan fingerprint density at radius 2 is 2.03 bits per heavy atom. The standard InChI is InChI=1S/C26H27N3O4/c1-18-23(15-28-25(30)11-8-19-6-4-3-5-7-19)22-12-13-29(16-20(22)14-27-18)26(31)24-10-9-21(33-24)17-32-2/h3-11,14H,12-13,15-17H2,1-2H3,(H,28,30)/b11-8+. The number of carbonyl (C=O) groups is 2. The molecule has 170 valence electrons. The monoisotopic (exact) mass is 445 g/mol. The summed E-state index contributed by atoms with van der Waals surface area (Å²) in [6, 6.07) is 13.1. The van der Waals surface area contributed by atoms with E-state index in [1.54, 1.807) is 30.2 Å². The SMILES string of the molecule is COCc1ccc(C(=O)N2CCc3c(cnc(C)c3CNC(=O)/C=C/c3ccccc3)C2)o1. The van der Waals surface area contributed by atoms with E-state index < -0.39 is 0 Å². The van der Waals surface area contributed by atoms with E-state index in [9.17, 15) is 9.59 Å². The van der Waals surface area contributed by atoms with Gasteiger partial charge >= 0.3 is 0 Å². The molecular weight excluding hydrogens is 418 g/mol. The molecule has 7 nitrogen and oxygen atoms in total. The first kappa shape index (κ1) is 22.5. The maximum absolute atomic E-state index is 12.9. The fourth-order valence-corrected chi connectivity index (χ4v) is 3.97. The third-order valence-electron chi connectivity index (χ3n) is 5.71. The lowest BCUT2D eigenvalue weighted by atomic mass is 9.94. The fourth-order valence-electron chi connectivity index (χ4n) is 3.97. The first-order valence-electron chi connectivity index (χ1n) is 10.9. The number of nitrogens with zero attached hydrogens (tertiary/aromatic N) is 2. The highest BCUT2D eigenvalue weighted by Gasteiger charge is 2.26. The van der Waals surface area contributed by atoms with E-state index in [1.807, 2.05) is 43.5 Å². The zero-order valence-corrected chi connectivity index (χ0v) is 18.8. The van der Waals surface area contributed by atoms with Crippen molar-refractivity contribution in [1.29, 1.82) is 0 Å². The van der Waals surface area contributed by atoms with Crippen molar-refractivity contribution in [2.45, 2.75) is 33.0 Å². The van der Waals surface area contributed by atoms with E-state index in [2.05, 4.69) is 10.3 Å². The normalized spacial score (nSPS) is 13.2. The molecule has 0 fully saturated rings. The summed E-state index contributed by atoms with van der Waals surface area (Å²) < 4.78 is 10.7. The van der Waals surface area contributed by atoms with Gasteiger partial charge in [0.05, 0.1) is 0 Å². The van der Waals surface area contributed by atoms with Crippen LogP contribution in [0, 0.1) is 6.92 Å². The largest absolute Gasteiger partial charge is 0.453 e. The summed E-state index contributed by atoms with van der Waals surface area (Å²) in [5.41, 5.74) is 5.02. The quantitative estimate of drug-likeness (QED) is 0.561. The maximum atomic E-state index is 12.9. The third kappa shape index (κ3) is 5.38. The molecule has 0 atom stereocenters. The molecule has 7 heteroatoms. The lowest BCUT2D eigenvalue weighted by molar-refractivity contribution is -0.116. The van der Waals surface area contributed by atoms with Gasteiger partial charge in [0, 0.05) is 44.7 Å². The molecule has 0 unspecified atom stereocenters. The Labute approximate surface area is 193 Å². The van der Waals surface area contributed by atoms with Crippen molar-refractivity contribution < 1.29 is 18.7 Å². The van der Waals surface area contributed by atoms with Gasteiger partial charge in [0.1, 0.15) is 12.4 Å². The second-order valence-electron chi connectivity index (χ2n) is 7.96. The summed E-state index contributed by atoms with van der Waals surface area (Å²) in [6.07, 6.45) is 5.84.